The van der Waals surface area contributed by atoms with Crippen LogP contribution in [0.2, 0.25) is 0 Å². The predicted octanol–water partition coefficient (Wildman–Crippen LogP) is 3.14. The molecule has 0 aromatic heterocycles. The first kappa shape index (κ1) is 19.6. The summed E-state index contributed by atoms with van der Waals surface area (Å²) in [5.41, 5.74) is 2.19. The summed E-state index contributed by atoms with van der Waals surface area (Å²) in [4.78, 5) is 25.1. The van der Waals surface area contributed by atoms with Crippen molar-refractivity contribution in [3.63, 3.8) is 0 Å². The monoisotopic (exact) mass is 385 g/mol. The average molecular weight is 385 g/mol. The van der Waals surface area contributed by atoms with Gasteiger partial charge in [0.1, 0.15) is 13.2 Å². The van der Waals surface area contributed by atoms with E-state index in [1.165, 1.54) is 6.07 Å². The summed E-state index contributed by atoms with van der Waals surface area (Å²) in [5.74, 6) is 1.12. The highest BCUT2D eigenvalue weighted by atomic mass is 16.6. The molecule has 8 nitrogen and oxygen atoms in total. The van der Waals surface area contributed by atoms with Crippen LogP contribution in [0.3, 0.4) is 0 Å². The van der Waals surface area contributed by atoms with Crippen molar-refractivity contribution in [2.24, 2.45) is 0 Å². The number of rotatable bonds is 7. The van der Waals surface area contributed by atoms with Crippen LogP contribution in [-0.4, -0.2) is 42.0 Å². The second-order valence-electron chi connectivity index (χ2n) is 6.53. The molecule has 0 saturated heterocycles. The van der Waals surface area contributed by atoms with Crippen LogP contribution >= 0.6 is 0 Å². The Morgan fingerprint density at radius 1 is 1.21 bits per heavy atom. The first-order valence-electron chi connectivity index (χ1n) is 9.12. The van der Waals surface area contributed by atoms with Crippen LogP contribution in [0.4, 0.5) is 11.4 Å². The van der Waals surface area contributed by atoms with E-state index in [0.29, 0.717) is 49.1 Å². The Kier molecular flexibility index (Phi) is 6.10. The summed E-state index contributed by atoms with van der Waals surface area (Å²) >= 11 is 0. The Morgan fingerprint density at radius 2 is 1.96 bits per heavy atom. The van der Waals surface area contributed by atoms with E-state index in [9.17, 15) is 14.9 Å². The minimum Gasteiger partial charge on any atom is -0.486 e. The van der Waals surface area contributed by atoms with Crippen molar-refractivity contribution in [2.45, 2.75) is 20.4 Å². The topological polar surface area (TPSA) is 93.9 Å². The average Bonchev–Trinajstić information content (AvgIpc) is 2.68. The van der Waals surface area contributed by atoms with Crippen LogP contribution in [0.15, 0.2) is 36.4 Å². The molecule has 1 amide bonds. The number of likely N-dealkylation sites (N-methyl/N-ethyl adjacent to an activating group) is 1. The van der Waals surface area contributed by atoms with Crippen molar-refractivity contribution in [3.05, 3.63) is 57.6 Å². The summed E-state index contributed by atoms with van der Waals surface area (Å²) in [6.45, 7) is 5.95. The van der Waals surface area contributed by atoms with Gasteiger partial charge in [-0.3, -0.25) is 19.8 Å². The molecule has 0 bridgehead atoms. The smallest absolute Gasteiger partial charge is 0.272 e. The lowest BCUT2D eigenvalue weighted by atomic mass is 10.1. The van der Waals surface area contributed by atoms with E-state index in [1.54, 1.807) is 31.2 Å². The van der Waals surface area contributed by atoms with Crippen molar-refractivity contribution in [1.29, 1.82) is 0 Å². The van der Waals surface area contributed by atoms with Crippen LogP contribution < -0.4 is 14.8 Å². The molecule has 0 atom stereocenters. The molecule has 148 valence electrons. The minimum atomic E-state index is -0.385. The Bertz CT molecular complexity index is 884. The van der Waals surface area contributed by atoms with Crippen molar-refractivity contribution in [3.8, 4) is 11.5 Å². The van der Waals surface area contributed by atoms with Gasteiger partial charge in [-0.25, -0.2) is 0 Å². The number of carbonyl (C=O) groups is 1. The molecule has 2 aromatic carbocycles. The molecule has 2 aromatic rings. The molecule has 3 rings (SSSR count). The largest absolute Gasteiger partial charge is 0.486 e. The van der Waals surface area contributed by atoms with Crippen LogP contribution in [0.1, 0.15) is 18.1 Å². The van der Waals surface area contributed by atoms with Gasteiger partial charge in [0.15, 0.2) is 11.5 Å². The van der Waals surface area contributed by atoms with Gasteiger partial charge in [-0.15, -0.1) is 0 Å². The normalized spacial score (nSPS) is 12.7. The second kappa shape index (κ2) is 8.71. The van der Waals surface area contributed by atoms with E-state index in [4.69, 9.17) is 9.47 Å². The maximum absolute atomic E-state index is 12.5. The number of ether oxygens (including phenoxy) is 2. The van der Waals surface area contributed by atoms with Gasteiger partial charge in [0.2, 0.25) is 5.91 Å². The third-order valence-electron chi connectivity index (χ3n) is 4.65. The quantitative estimate of drug-likeness (QED) is 0.581. The molecule has 1 heterocycles. The zero-order chi connectivity index (χ0) is 20.1. The van der Waals surface area contributed by atoms with Crippen LogP contribution in [0, 0.1) is 17.0 Å². The zero-order valence-electron chi connectivity index (χ0n) is 15.9. The van der Waals surface area contributed by atoms with Gasteiger partial charge in [0.25, 0.3) is 5.69 Å². The number of amides is 1. The molecular weight excluding hydrogens is 362 g/mol. The SMILES string of the molecule is CCN(CC(=O)Nc1ccc2c(c1)OCCO2)Cc1cccc([N+](=O)[O-])c1C. The number of nitro benzene ring substituents is 1. The number of anilines is 1. The van der Waals surface area contributed by atoms with E-state index in [2.05, 4.69) is 5.32 Å². The Labute approximate surface area is 163 Å². The number of nitrogens with zero attached hydrogens (tertiary/aromatic N) is 2. The van der Waals surface area contributed by atoms with Crippen molar-refractivity contribution in [2.75, 3.05) is 31.6 Å². The van der Waals surface area contributed by atoms with Gasteiger partial charge in [-0.2, -0.15) is 0 Å². The first-order valence-corrected chi connectivity index (χ1v) is 9.12. The lowest BCUT2D eigenvalue weighted by molar-refractivity contribution is -0.385. The van der Waals surface area contributed by atoms with Crippen LogP contribution in [0.25, 0.3) is 0 Å². The van der Waals surface area contributed by atoms with E-state index in [0.717, 1.165) is 5.56 Å². The third kappa shape index (κ3) is 4.58. The number of hydrogen-bond acceptors (Lipinski definition) is 6. The lowest BCUT2D eigenvalue weighted by Crippen LogP contribution is -2.33. The maximum Gasteiger partial charge on any atom is 0.272 e. The molecule has 1 aliphatic rings. The third-order valence-corrected chi connectivity index (χ3v) is 4.65. The molecular formula is C20H23N3O5. The number of carbonyl (C=O) groups excluding carboxylic acids is 1. The fourth-order valence-electron chi connectivity index (χ4n) is 3.08. The van der Waals surface area contributed by atoms with E-state index in [-0.39, 0.29) is 23.1 Å². The van der Waals surface area contributed by atoms with E-state index in [1.807, 2.05) is 17.9 Å². The molecule has 0 fully saturated rings. The predicted molar refractivity (Wildman–Crippen MR) is 105 cm³/mol. The Morgan fingerprint density at radius 3 is 2.68 bits per heavy atom. The second-order valence-corrected chi connectivity index (χ2v) is 6.53. The van der Waals surface area contributed by atoms with Crippen molar-refractivity contribution >= 4 is 17.3 Å². The first-order chi connectivity index (χ1) is 13.5. The molecule has 0 spiro atoms. The molecule has 0 unspecified atom stereocenters. The fraction of sp³-hybridized carbons (Fsp3) is 0.350. The summed E-state index contributed by atoms with van der Waals surface area (Å²) in [5, 5.41) is 14.0. The molecule has 1 aliphatic heterocycles. The molecule has 28 heavy (non-hydrogen) atoms. The number of fused-ring (bicyclic) bond motifs is 1. The maximum atomic E-state index is 12.5. The Balaban J connectivity index is 1.64. The van der Waals surface area contributed by atoms with Gasteiger partial charge in [-0.05, 0) is 31.2 Å². The van der Waals surface area contributed by atoms with Crippen molar-refractivity contribution in [1.82, 2.24) is 4.90 Å². The number of hydrogen-bond donors (Lipinski definition) is 1. The highest BCUT2D eigenvalue weighted by molar-refractivity contribution is 5.92. The zero-order valence-corrected chi connectivity index (χ0v) is 15.9. The highest BCUT2D eigenvalue weighted by Gasteiger charge is 2.17. The van der Waals surface area contributed by atoms with Gasteiger partial charge < -0.3 is 14.8 Å². The number of benzene rings is 2. The number of nitro groups is 1. The molecule has 0 radical (unpaired) electrons. The van der Waals surface area contributed by atoms with Gasteiger partial charge >= 0.3 is 0 Å². The summed E-state index contributed by atoms with van der Waals surface area (Å²) < 4.78 is 11.0. The fourth-order valence-corrected chi connectivity index (χ4v) is 3.08. The standard InChI is InChI=1S/C20H23N3O5/c1-3-22(12-15-5-4-6-17(14(15)2)23(25)26)13-20(24)21-16-7-8-18-19(11-16)28-10-9-27-18/h4-8,11H,3,9-10,12-13H2,1-2H3,(H,21,24). The molecule has 0 saturated carbocycles. The van der Waals surface area contributed by atoms with E-state index >= 15 is 0 Å². The van der Waals surface area contributed by atoms with Gasteiger partial charge in [0, 0.05) is 29.9 Å². The molecule has 8 heteroatoms. The highest BCUT2D eigenvalue weighted by Crippen LogP contribution is 2.32. The van der Waals surface area contributed by atoms with E-state index < -0.39 is 0 Å². The Hall–Kier alpha value is -3.13. The lowest BCUT2D eigenvalue weighted by Gasteiger charge is -2.22. The van der Waals surface area contributed by atoms with Gasteiger partial charge in [0.05, 0.1) is 11.5 Å². The molecule has 1 N–H and O–H groups in total. The van der Waals surface area contributed by atoms with Crippen molar-refractivity contribution < 1.29 is 19.2 Å². The summed E-state index contributed by atoms with van der Waals surface area (Å²) in [6.07, 6.45) is 0. The van der Waals surface area contributed by atoms with Crippen LogP contribution in [-0.2, 0) is 11.3 Å². The van der Waals surface area contributed by atoms with Gasteiger partial charge in [-0.1, -0.05) is 19.1 Å². The molecule has 0 aliphatic carbocycles. The summed E-state index contributed by atoms with van der Waals surface area (Å²) in [6, 6.07) is 10.3. The van der Waals surface area contributed by atoms with Crippen LogP contribution in [0.5, 0.6) is 11.5 Å². The minimum absolute atomic E-state index is 0.0919. The summed E-state index contributed by atoms with van der Waals surface area (Å²) in [7, 11) is 0. The number of nitrogens with one attached hydrogen (secondary N) is 1.